The van der Waals surface area contributed by atoms with Gasteiger partial charge in [-0.25, -0.2) is 0 Å². The van der Waals surface area contributed by atoms with Crippen molar-refractivity contribution in [3.8, 4) is 11.3 Å². The molecule has 0 saturated heterocycles. The normalized spacial score (nSPS) is 11.2. The van der Waals surface area contributed by atoms with Crippen LogP contribution in [0.4, 0.5) is 0 Å². The van der Waals surface area contributed by atoms with E-state index in [1.807, 2.05) is 24.5 Å². The van der Waals surface area contributed by atoms with Gasteiger partial charge in [-0.15, -0.1) is 0 Å². The number of fused-ring (bicyclic) bond motifs is 2. The van der Waals surface area contributed by atoms with Crippen LogP contribution in [-0.2, 0) is 0 Å². The molecule has 0 saturated carbocycles. The van der Waals surface area contributed by atoms with E-state index in [2.05, 4.69) is 52.4 Å². The van der Waals surface area contributed by atoms with Gasteiger partial charge in [-0.1, -0.05) is 24.3 Å². The van der Waals surface area contributed by atoms with Crippen molar-refractivity contribution in [2.75, 3.05) is 0 Å². The number of nitrogens with one attached hydrogen (secondary N) is 1. The first kappa shape index (κ1) is 11.2. The minimum Gasteiger partial charge on any atom is -0.277 e. The van der Waals surface area contributed by atoms with Crippen molar-refractivity contribution in [3.63, 3.8) is 0 Å². The zero-order valence-electron chi connectivity index (χ0n) is 11.1. The highest BCUT2D eigenvalue weighted by Gasteiger charge is 2.10. The summed E-state index contributed by atoms with van der Waals surface area (Å²) >= 11 is 0. The number of aryl methyl sites for hydroxylation is 1. The van der Waals surface area contributed by atoms with Crippen LogP contribution < -0.4 is 0 Å². The molecule has 0 aliphatic rings. The minimum atomic E-state index is 1.01. The molecule has 1 N–H and O–H groups in total. The van der Waals surface area contributed by atoms with Gasteiger partial charge in [-0.2, -0.15) is 5.10 Å². The van der Waals surface area contributed by atoms with Crippen LogP contribution in [0.15, 0.2) is 54.9 Å². The second kappa shape index (κ2) is 4.17. The zero-order chi connectivity index (χ0) is 13.5. The molecule has 0 amide bonds. The van der Waals surface area contributed by atoms with Crippen LogP contribution in [0.2, 0.25) is 0 Å². The third-order valence-corrected chi connectivity index (χ3v) is 3.71. The molecule has 0 spiro atoms. The molecule has 0 unspecified atom stereocenters. The fourth-order valence-corrected chi connectivity index (χ4v) is 2.69. The number of benzene rings is 2. The second-order valence-corrected chi connectivity index (χ2v) is 5.01. The standard InChI is InChI=1S/C17H13N3/c1-11-3-2-4-15-16(11)17(20-19-15)13-5-6-14-10-18-8-7-12(14)9-13/h2-10H,1H3,(H,19,20). The molecule has 2 aromatic carbocycles. The highest BCUT2D eigenvalue weighted by molar-refractivity contribution is 5.97. The van der Waals surface area contributed by atoms with Gasteiger partial charge in [-0.3, -0.25) is 10.1 Å². The average Bonchev–Trinajstić information content (AvgIpc) is 2.92. The van der Waals surface area contributed by atoms with Gasteiger partial charge in [0.1, 0.15) is 5.69 Å². The molecule has 2 heterocycles. The summed E-state index contributed by atoms with van der Waals surface area (Å²) in [4.78, 5) is 4.15. The topological polar surface area (TPSA) is 41.6 Å². The van der Waals surface area contributed by atoms with Gasteiger partial charge < -0.3 is 0 Å². The van der Waals surface area contributed by atoms with E-state index in [0.29, 0.717) is 0 Å². The van der Waals surface area contributed by atoms with Gasteiger partial charge in [0.05, 0.1) is 5.52 Å². The quantitative estimate of drug-likeness (QED) is 0.559. The van der Waals surface area contributed by atoms with Crippen LogP contribution >= 0.6 is 0 Å². The van der Waals surface area contributed by atoms with Crippen LogP contribution in [0.3, 0.4) is 0 Å². The van der Waals surface area contributed by atoms with E-state index in [4.69, 9.17) is 0 Å². The van der Waals surface area contributed by atoms with Gasteiger partial charge >= 0.3 is 0 Å². The molecule has 3 heteroatoms. The molecule has 2 aromatic heterocycles. The van der Waals surface area contributed by atoms with E-state index < -0.39 is 0 Å². The molecule has 3 nitrogen and oxygen atoms in total. The summed E-state index contributed by atoms with van der Waals surface area (Å²) in [6, 6.07) is 14.6. The Morgan fingerprint density at radius 2 is 1.95 bits per heavy atom. The largest absolute Gasteiger partial charge is 0.277 e. The first-order valence-electron chi connectivity index (χ1n) is 6.61. The van der Waals surface area contributed by atoms with Crippen molar-refractivity contribution in [2.24, 2.45) is 0 Å². The Morgan fingerprint density at radius 1 is 1.00 bits per heavy atom. The molecule has 4 aromatic rings. The van der Waals surface area contributed by atoms with Crippen molar-refractivity contribution < 1.29 is 0 Å². The SMILES string of the molecule is Cc1cccc2[nH]nc(-c3ccc4cnccc4c3)c12. The van der Waals surface area contributed by atoms with Crippen molar-refractivity contribution in [1.29, 1.82) is 0 Å². The number of hydrogen-bond donors (Lipinski definition) is 1. The second-order valence-electron chi connectivity index (χ2n) is 5.01. The van der Waals surface area contributed by atoms with Crippen LogP contribution in [0.25, 0.3) is 32.9 Å². The van der Waals surface area contributed by atoms with E-state index in [0.717, 1.165) is 22.2 Å². The Morgan fingerprint density at radius 3 is 2.90 bits per heavy atom. The molecular weight excluding hydrogens is 246 g/mol. The maximum Gasteiger partial charge on any atom is 0.100 e. The number of aromatic nitrogens is 3. The molecule has 0 fully saturated rings. The lowest BCUT2D eigenvalue weighted by atomic mass is 10.0. The van der Waals surface area contributed by atoms with Gasteiger partial charge in [0, 0.05) is 28.7 Å². The lowest BCUT2D eigenvalue weighted by Crippen LogP contribution is -1.82. The number of nitrogens with zero attached hydrogens (tertiary/aromatic N) is 2. The summed E-state index contributed by atoms with van der Waals surface area (Å²) < 4.78 is 0. The summed E-state index contributed by atoms with van der Waals surface area (Å²) in [5, 5.41) is 11.1. The van der Waals surface area contributed by atoms with Crippen molar-refractivity contribution >= 4 is 21.7 Å². The van der Waals surface area contributed by atoms with E-state index in [1.165, 1.54) is 16.3 Å². The third-order valence-electron chi connectivity index (χ3n) is 3.71. The van der Waals surface area contributed by atoms with Crippen LogP contribution in [0.1, 0.15) is 5.56 Å². The predicted molar refractivity (Wildman–Crippen MR) is 81.6 cm³/mol. The molecule has 96 valence electrons. The van der Waals surface area contributed by atoms with Gasteiger partial charge in [-0.05, 0) is 36.1 Å². The summed E-state index contributed by atoms with van der Waals surface area (Å²) in [6.07, 6.45) is 3.70. The number of hydrogen-bond acceptors (Lipinski definition) is 2. The molecule has 0 atom stereocenters. The molecule has 0 aliphatic heterocycles. The monoisotopic (exact) mass is 259 g/mol. The van der Waals surface area contributed by atoms with Gasteiger partial charge in [0.25, 0.3) is 0 Å². The van der Waals surface area contributed by atoms with E-state index in [-0.39, 0.29) is 0 Å². The summed E-state index contributed by atoms with van der Waals surface area (Å²) in [6.45, 7) is 2.12. The molecule has 0 bridgehead atoms. The van der Waals surface area contributed by atoms with Crippen LogP contribution in [0, 0.1) is 6.92 Å². The van der Waals surface area contributed by atoms with E-state index in [1.54, 1.807) is 0 Å². The maximum absolute atomic E-state index is 4.49. The first-order chi connectivity index (χ1) is 9.83. The Kier molecular flexibility index (Phi) is 2.33. The number of aromatic amines is 1. The first-order valence-corrected chi connectivity index (χ1v) is 6.61. The fourth-order valence-electron chi connectivity index (χ4n) is 2.69. The number of pyridine rings is 1. The Hall–Kier alpha value is -2.68. The predicted octanol–water partition coefficient (Wildman–Crippen LogP) is 4.09. The maximum atomic E-state index is 4.49. The number of rotatable bonds is 1. The van der Waals surface area contributed by atoms with Crippen LogP contribution in [0.5, 0.6) is 0 Å². The molecule has 0 aliphatic carbocycles. The Balaban J connectivity index is 2.01. The average molecular weight is 259 g/mol. The molecule has 0 radical (unpaired) electrons. The Bertz CT molecular complexity index is 922. The van der Waals surface area contributed by atoms with Gasteiger partial charge in [0.2, 0.25) is 0 Å². The summed E-state index contributed by atoms with van der Waals surface area (Å²) in [5.74, 6) is 0. The summed E-state index contributed by atoms with van der Waals surface area (Å²) in [5.41, 5.74) is 4.46. The van der Waals surface area contributed by atoms with Crippen molar-refractivity contribution in [1.82, 2.24) is 15.2 Å². The highest BCUT2D eigenvalue weighted by atomic mass is 15.1. The highest BCUT2D eigenvalue weighted by Crippen LogP contribution is 2.30. The Labute approximate surface area is 116 Å². The lowest BCUT2D eigenvalue weighted by Gasteiger charge is -2.03. The van der Waals surface area contributed by atoms with E-state index >= 15 is 0 Å². The molecular formula is C17H13N3. The number of H-pyrrole nitrogens is 1. The fraction of sp³-hybridized carbons (Fsp3) is 0.0588. The molecule has 20 heavy (non-hydrogen) atoms. The van der Waals surface area contributed by atoms with Gasteiger partial charge in [0.15, 0.2) is 0 Å². The van der Waals surface area contributed by atoms with Crippen molar-refractivity contribution in [3.05, 3.63) is 60.4 Å². The van der Waals surface area contributed by atoms with Crippen LogP contribution in [-0.4, -0.2) is 15.2 Å². The third kappa shape index (κ3) is 1.60. The lowest BCUT2D eigenvalue weighted by molar-refractivity contribution is 1.12. The molecule has 4 rings (SSSR count). The smallest absolute Gasteiger partial charge is 0.100 e. The zero-order valence-corrected chi connectivity index (χ0v) is 11.1. The minimum absolute atomic E-state index is 1.01. The van der Waals surface area contributed by atoms with E-state index in [9.17, 15) is 0 Å². The van der Waals surface area contributed by atoms with Crippen molar-refractivity contribution in [2.45, 2.75) is 6.92 Å². The summed E-state index contributed by atoms with van der Waals surface area (Å²) in [7, 11) is 0.